The maximum absolute atomic E-state index is 12.8. The number of hydrogen-bond acceptors (Lipinski definition) is 4. The molecular formula is C22H27NO3S. The van der Waals surface area contributed by atoms with E-state index in [0.717, 1.165) is 39.6 Å². The van der Waals surface area contributed by atoms with Crippen LogP contribution >= 0.6 is 11.8 Å². The van der Waals surface area contributed by atoms with Crippen molar-refractivity contribution in [1.82, 2.24) is 0 Å². The number of carbonyl (C=O) groups excluding carboxylic acids is 1. The molecule has 2 aromatic rings. The van der Waals surface area contributed by atoms with E-state index in [1.807, 2.05) is 44.2 Å². The van der Waals surface area contributed by atoms with Gasteiger partial charge < -0.3 is 14.8 Å². The zero-order valence-electron chi connectivity index (χ0n) is 16.4. The Hall–Kier alpha value is -2.14. The summed E-state index contributed by atoms with van der Waals surface area (Å²) in [4.78, 5) is 13.8. The lowest BCUT2D eigenvalue weighted by Crippen LogP contribution is -2.23. The molecule has 1 amide bonds. The van der Waals surface area contributed by atoms with Crippen molar-refractivity contribution in [2.45, 2.75) is 50.2 Å². The first kappa shape index (κ1) is 19.6. The van der Waals surface area contributed by atoms with Crippen molar-refractivity contribution in [2.75, 3.05) is 18.5 Å². The predicted molar refractivity (Wildman–Crippen MR) is 111 cm³/mol. The van der Waals surface area contributed by atoms with Gasteiger partial charge in [0.1, 0.15) is 0 Å². The standard InChI is InChI=1S/C22H27NO3S/c1-14(2)18-8-5-7-15(3)21(18)23-22(24)16(4)27-17-9-10-19-20(13-17)26-12-6-11-25-19/h5,7-10,13-14,16H,6,11-12H2,1-4H3,(H,23,24). The molecule has 0 aliphatic carbocycles. The SMILES string of the molecule is Cc1cccc(C(C)C)c1NC(=O)C(C)Sc1ccc2c(c1)OCCCO2. The summed E-state index contributed by atoms with van der Waals surface area (Å²) in [5.74, 6) is 1.88. The Kier molecular flexibility index (Phi) is 6.32. The number of anilines is 1. The molecule has 2 aromatic carbocycles. The van der Waals surface area contributed by atoms with Crippen LogP contribution in [0.25, 0.3) is 0 Å². The first-order valence-corrected chi connectivity index (χ1v) is 10.3. The van der Waals surface area contributed by atoms with Crippen molar-refractivity contribution in [3.8, 4) is 11.5 Å². The lowest BCUT2D eigenvalue weighted by molar-refractivity contribution is -0.115. The molecule has 0 spiro atoms. The number of hydrogen-bond donors (Lipinski definition) is 1. The Bertz CT molecular complexity index is 819. The number of para-hydroxylation sites is 1. The first-order chi connectivity index (χ1) is 13.0. The van der Waals surface area contributed by atoms with Crippen LogP contribution in [-0.2, 0) is 4.79 Å². The Morgan fingerprint density at radius 2 is 1.81 bits per heavy atom. The van der Waals surface area contributed by atoms with E-state index in [9.17, 15) is 4.79 Å². The van der Waals surface area contributed by atoms with Crippen LogP contribution < -0.4 is 14.8 Å². The summed E-state index contributed by atoms with van der Waals surface area (Å²) in [6, 6.07) is 12.0. The zero-order chi connectivity index (χ0) is 19.4. The maximum atomic E-state index is 12.8. The lowest BCUT2D eigenvalue weighted by Gasteiger charge is -2.19. The molecule has 1 aliphatic heterocycles. The van der Waals surface area contributed by atoms with Gasteiger partial charge in [0.05, 0.1) is 18.5 Å². The molecule has 5 heteroatoms. The molecule has 0 radical (unpaired) electrons. The van der Waals surface area contributed by atoms with Gasteiger partial charge in [-0.2, -0.15) is 0 Å². The number of nitrogens with one attached hydrogen (secondary N) is 1. The van der Waals surface area contributed by atoms with Gasteiger partial charge in [-0.1, -0.05) is 32.0 Å². The number of ether oxygens (including phenoxy) is 2. The van der Waals surface area contributed by atoms with Gasteiger partial charge in [0.2, 0.25) is 5.91 Å². The number of rotatable bonds is 5. The molecule has 1 atom stereocenters. The quantitative estimate of drug-likeness (QED) is 0.700. The average molecular weight is 386 g/mol. The van der Waals surface area contributed by atoms with Gasteiger partial charge in [-0.25, -0.2) is 0 Å². The minimum Gasteiger partial charge on any atom is -0.490 e. The highest BCUT2D eigenvalue weighted by molar-refractivity contribution is 8.00. The van der Waals surface area contributed by atoms with Crippen molar-refractivity contribution < 1.29 is 14.3 Å². The van der Waals surface area contributed by atoms with Crippen LogP contribution in [-0.4, -0.2) is 24.4 Å². The third kappa shape index (κ3) is 4.78. The van der Waals surface area contributed by atoms with Crippen LogP contribution in [0.5, 0.6) is 11.5 Å². The average Bonchev–Trinajstić information content (AvgIpc) is 2.88. The van der Waals surface area contributed by atoms with Crippen LogP contribution in [0.3, 0.4) is 0 Å². The summed E-state index contributed by atoms with van der Waals surface area (Å²) in [6.07, 6.45) is 0.880. The van der Waals surface area contributed by atoms with Crippen LogP contribution in [0.4, 0.5) is 5.69 Å². The van der Waals surface area contributed by atoms with Gasteiger partial charge in [-0.15, -0.1) is 11.8 Å². The Morgan fingerprint density at radius 1 is 1.07 bits per heavy atom. The fourth-order valence-electron chi connectivity index (χ4n) is 3.04. The first-order valence-electron chi connectivity index (χ1n) is 9.42. The molecule has 0 saturated heterocycles. The van der Waals surface area contributed by atoms with Crippen molar-refractivity contribution in [2.24, 2.45) is 0 Å². The van der Waals surface area contributed by atoms with E-state index in [1.165, 1.54) is 11.8 Å². The van der Waals surface area contributed by atoms with Crippen molar-refractivity contribution in [3.05, 3.63) is 47.5 Å². The van der Waals surface area contributed by atoms with E-state index in [1.54, 1.807) is 0 Å². The van der Waals surface area contributed by atoms with E-state index in [2.05, 4.69) is 25.2 Å². The molecule has 4 nitrogen and oxygen atoms in total. The number of amides is 1. The molecule has 0 bridgehead atoms. The van der Waals surface area contributed by atoms with Gasteiger partial charge in [0.25, 0.3) is 0 Å². The molecule has 0 fully saturated rings. The topological polar surface area (TPSA) is 47.6 Å². The molecule has 0 aromatic heterocycles. The molecule has 1 unspecified atom stereocenters. The third-order valence-electron chi connectivity index (χ3n) is 4.58. The monoisotopic (exact) mass is 385 g/mol. The van der Waals surface area contributed by atoms with Gasteiger partial charge in [-0.3, -0.25) is 4.79 Å². The number of benzene rings is 2. The Labute approximate surface area is 165 Å². The van der Waals surface area contributed by atoms with Crippen LogP contribution in [0.2, 0.25) is 0 Å². The third-order valence-corrected chi connectivity index (χ3v) is 5.67. The van der Waals surface area contributed by atoms with Crippen LogP contribution in [0.1, 0.15) is 44.2 Å². The smallest absolute Gasteiger partial charge is 0.237 e. The van der Waals surface area contributed by atoms with Crippen molar-refractivity contribution in [3.63, 3.8) is 0 Å². The summed E-state index contributed by atoms with van der Waals surface area (Å²) in [5.41, 5.74) is 3.18. The molecule has 27 heavy (non-hydrogen) atoms. The second kappa shape index (κ2) is 8.70. The van der Waals surface area contributed by atoms with E-state index in [4.69, 9.17) is 9.47 Å². The Morgan fingerprint density at radius 3 is 2.56 bits per heavy atom. The van der Waals surface area contributed by atoms with E-state index >= 15 is 0 Å². The lowest BCUT2D eigenvalue weighted by atomic mass is 9.98. The van der Waals surface area contributed by atoms with E-state index in [-0.39, 0.29) is 11.2 Å². The number of thioether (sulfide) groups is 1. The maximum Gasteiger partial charge on any atom is 0.237 e. The number of aryl methyl sites for hydroxylation is 1. The second-order valence-corrected chi connectivity index (χ2v) is 8.52. The highest BCUT2D eigenvalue weighted by atomic mass is 32.2. The minimum atomic E-state index is -0.227. The van der Waals surface area contributed by atoms with E-state index < -0.39 is 0 Å². The normalized spacial score (nSPS) is 14.6. The molecule has 1 heterocycles. The van der Waals surface area contributed by atoms with E-state index in [0.29, 0.717) is 19.1 Å². The molecule has 144 valence electrons. The Balaban J connectivity index is 1.71. The van der Waals surface area contributed by atoms with Gasteiger partial charge >= 0.3 is 0 Å². The summed E-state index contributed by atoms with van der Waals surface area (Å²) in [7, 11) is 0. The molecule has 1 aliphatic rings. The van der Waals surface area contributed by atoms with Crippen molar-refractivity contribution in [1.29, 1.82) is 0 Å². The predicted octanol–water partition coefficient (Wildman–Crippen LogP) is 5.40. The van der Waals surface area contributed by atoms with Crippen LogP contribution in [0, 0.1) is 6.92 Å². The zero-order valence-corrected chi connectivity index (χ0v) is 17.2. The fourth-order valence-corrected chi connectivity index (χ4v) is 3.94. The fraction of sp³-hybridized carbons (Fsp3) is 0.409. The summed E-state index contributed by atoms with van der Waals surface area (Å²) < 4.78 is 11.4. The highest BCUT2D eigenvalue weighted by Crippen LogP contribution is 2.36. The van der Waals surface area contributed by atoms with Crippen LogP contribution in [0.15, 0.2) is 41.3 Å². The van der Waals surface area contributed by atoms with Crippen molar-refractivity contribution >= 4 is 23.4 Å². The molecular weight excluding hydrogens is 358 g/mol. The van der Waals surface area contributed by atoms with Gasteiger partial charge in [0, 0.05) is 17.0 Å². The van der Waals surface area contributed by atoms with Gasteiger partial charge in [0.15, 0.2) is 11.5 Å². The second-order valence-electron chi connectivity index (χ2n) is 7.10. The summed E-state index contributed by atoms with van der Waals surface area (Å²) >= 11 is 1.52. The minimum absolute atomic E-state index is 0.00307. The van der Waals surface area contributed by atoms with Gasteiger partial charge in [-0.05, 0) is 49.1 Å². The summed E-state index contributed by atoms with van der Waals surface area (Å²) in [6.45, 7) is 9.56. The molecule has 0 saturated carbocycles. The summed E-state index contributed by atoms with van der Waals surface area (Å²) in [5, 5.41) is 2.91. The number of carbonyl (C=O) groups is 1. The molecule has 3 rings (SSSR count). The highest BCUT2D eigenvalue weighted by Gasteiger charge is 2.19. The number of fused-ring (bicyclic) bond motifs is 1. The largest absolute Gasteiger partial charge is 0.490 e. The molecule has 1 N–H and O–H groups in total.